The Balaban J connectivity index is 1.89. The summed E-state index contributed by atoms with van der Waals surface area (Å²) in [5.41, 5.74) is 0.863. The number of pyridine rings is 1. The summed E-state index contributed by atoms with van der Waals surface area (Å²) in [6, 6.07) is 3.42. The van der Waals surface area contributed by atoms with Crippen LogP contribution >= 0.6 is 11.3 Å². The van der Waals surface area contributed by atoms with E-state index in [0.717, 1.165) is 16.9 Å². The van der Waals surface area contributed by atoms with Gasteiger partial charge in [-0.2, -0.15) is 8.78 Å². The largest absolute Gasteiger partial charge is 0.414 e. The summed E-state index contributed by atoms with van der Waals surface area (Å²) >= 11 is 1.08. The van der Waals surface area contributed by atoms with E-state index < -0.39 is 22.3 Å². The van der Waals surface area contributed by atoms with E-state index >= 15 is 0 Å². The van der Waals surface area contributed by atoms with Gasteiger partial charge < -0.3 is 4.42 Å². The van der Waals surface area contributed by atoms with Gasteiger partial charge in [0, 0.05) is 6.20 Å². The molecule has 0 saturated heterocycles. The Morgan fingerprint density at radius 3 is 2.70 bits per heavy atom. The molecule has 0 bridgehead atoms. The standard InChI is InChI=1S/C15H15F2N5O3S2/c1-3-27(23,24)22(11-6-9(2)4-5-18-11)8-12-19-7-10(26-12)14-20-21-15(25-14)13(16)17/h4-7,13H,3,8H2,1-2H3. The molecule has 0 aromatic carbocycles. The smallest absolute Gasteiger partial charge is 0.314 e. The number of alkyl halides is 2. The van der Waals surface area contributed by atoms with Crippen molar-refractivity contribution in [3.63, 3.8) is 0 Å². The summed E-state index contributed by atoms with van der Waals surface area (Å²) in [7, 11) is -3.60. The van der Waals surface area contributed by atoms with Gasteiger partial charge >= 0.3 is 6.43 Å². The highest BCUT2D eigenvalue weighted by molar-refractivity contribution is 7.92. The molecular formula is C15H15F2N5O3S2. The number of aromatic nitrogens is 4. The van der Waals surface area contributed by atoms with Crippen molar-refractivity contribution < 1.29 is 21.6 Å². The van der Waals surface area contributed by atoms with Gasteiger partial charge in [0.2, 0.25) is 10.0 Å². The average Bonchev–Trinajstić information content (AvgIpc) is 3.28. The SMILES string of the molecule is CCS(=O)(=O)N(Cc1ncc(-c2nnc(C(F)F)o2)s1)c1cc(C)ccn1. The third kappa shape index (κ3) is 4.27. The fraction of sp³-hybridized carbons (Fsp3) is 0.333. The lowest BCUT2D eigenvalue weighted by molar-refractivity contribution is 0.116. The molecule has 144 valence electrons. The predicted molar refractivity (Wildman–Crippen MR) is 95.0 cm³/mol. The minimum Gasteiger partial charge on any atom is -0.414 e. The first kappa shape index (κ1) is 19.3. The van der Waals surface area contributed by atoms with Crippen LogP contribution in [0.5, 0.6) is 0 Å². The molecule has 3 heterocycles. The summed E-state index contributed by atoms with van der Waals surface area (Å²) in [6.07, 6.45) is 0.0418. The average molecular weight is 415 g/mol. The summed E-state index contributed by atoms with van der Waals surface area (Å²) < 4.78 is 56.2. The van der Waals surface area contributed by atoms with Crippen LogP contribution < -0.4 is 4.31 Å². The number of rotatable bonds is 7. The van der Waals surface area contributed by atoms with Gasteiger partial charge in [-0.1, -0.05) is 0 Å². The lowest BCUT2D eigenvalue weighted by Crippen LogP contribution is -2.32. The summed E-state index contributed by atoms with van der Waals surface area (Å²) in [5, 5.41) is 7.26. The van der Waals surface area contributed by atoms with E-state index in [1.54, 1.807) is 12.1 Å². The third-order valence-electron chi connectivity index (χ3n) is 3.53. The van der Waals surface area contributed by atoms with Crippen molar-refractivity contribution in [1.82, 2.24) is 20.2 Å². The number of halogens is 2. The Morgan fingerprint density at radius 2 is 2.07 bits per heavy atom. The van der Waals surface area contributed by atoms with Crippen molar-refractivity contribution in [2.24, 2.45) is 0 Å². The summed E-state index contributed by atoms with van der Waals surface area (Å²) in [6.45, 7) is 3.32. The van der Waals surface area contributed by atoms with E-state index in [9.17, 15) is 17.2 Å². The van der Waals surface area contributed by atoms with E-state index in [0.29, 0.717) is 9.88 Å². The number of nitrogens with zero attached hydrogens (tertiary/aromatic N) is 5. The monoisotopic (exact) mass is 415 g/mol. The highest BCUT2D eigenvalue weighted by Crippen LogP contribution is 2.29. The molecule has 12 heteroatoms. The normalized spacial score (nSPS) is 11.9. The first-order valence-electron chi connectivity index (χ1n) is 7.80. The topological polar surface area (TPSA) is 102 Å². The number of anilines is 1. The van der Waals surface area contributed by atoms with Crippen molar-refractivity contribution >= 4 is 27.2 Å². The second kappa shape index (κ2) is 7.64. The molecule has 8 nitrogen and oxygen atoms in total. The van der Waals surface area contributed by atoms with Gasteiger partial charge in [-0.05, 0) is 31.5 Å². The Kier molecular flexibility index (Phi) is 5.46. The zero-order valence-electron chi connectivity index (χ0n) is 14.3. The predicted octanol–water partition coefficient (Wildman–Crippen LogP) is 3.19. The highest BCUT2D eigenvalue weighted by atomic mass is 32.2. The van der Waals surface area contributed by atoms with Gasteiger partial charge in [0.15, 0.2) is 0 Å². The zero-order chi connectivity index (χ0) is 19.6. The van der Waals surface area contributed by atoms with Crippen LogP contribution in [0, 0.1) is 6.92 Å². The van der Waals surface area contributed by atoms with Gasteiger partial charge in [0.1, 0.15) is 15.7 Å². The van der Waals surface area contributed by atoms with Crippen LogP contribution in [0.1, 0.15) is 29.8 Å². The molecule has 27 heavy (non-hydrogen) atoms. The molecule has 0 spiro atoms. The minimum absolute atomic E-state index is 0.0485. The van der Waals surface area contributed by atoms with Crippen LogP contribution in [0.3, 0.4) is 0 Å². The molecule has 3 aromatic rings. The second-order valence-electron chi connectivity index (χ2n) is 5.46. The maximum atomic E-state index is 12.6. The van der Waals surface area contributed by atoms with Crippen LogP contribution in [-0.2, 0) is 16.6 Å². The molecule has 0 aliphatic carbocycles. The van der Waals surface area contributed by atoms with Gasteiger partial charge in [-0.3, -0.25) is 0 Å². The fourth-order valence-corrected chi connectivity index (χ4v) is 4.09. The summed E-state index contributed by atoms with van der Waals surface area (Å²) in [5.74, 6) is -0.694. The van der Waals surface area contributed by atoms with Gasteiger partial charge in [0.05, 0.1) is 18.5 Å². The molecule has 0 amide bonds. The highest BCUT2D eigenvalue weighted by Gasteiger charge is 2.24. The zero-order valence-corrected chi connectivity index (χ0v) is 16.0. The lowest BCUT2D eigenvalue weighted by Gasteiger charge is -2.21. The molecule has 0 N–H and O–H groups in total. The van der Waals surface area contributed by atoms with E-state index in [2.05, 4.69) is 20.2 Å². The Hall–Kier alpha value is -2.47. The minimum atomic E-state index is -3.60. The van der Waals surface area contributed by atoms with E-state index in [1.165, 1.54) is 23.6 Å². The maximum Gasteiger partial charge on any atom is 0.314 e. The maximum absolute atomic E-state index is 12.6. The molecule has 0 aliphatic rings. The molecule has 0 atom stereocenters. The van der Waals surface area contributed by atoms with Crippen molar-refractivity contribution in [2.75, 3.05) is 10.1 Å². The number of aryl methyl sites for hydroxylation is 1. The lowest BCUT2D eigenvalue weighted by atomic mass is 10.3. The third-order valence-corrected chi connectivity index (χ3v) is 6.22. The van der Waals surface area contributed by atoms with Crippen molar-refractivity contribution in [3.05, 3.63) is 41.0 Å². The molecule has 0 unspecified atom stereocenters. The Bertz CT molecular complexity index is 1040. The van der Waals surface area contributed by atoms with Crippen molar-refractivity contribution in [2.45, 2.75) is 26.8 Å². The van der Waals surface area contributed by atoms with Gasteiger partial charge in [-0.15, -0.1) is 21.5 Å². The molecule has 3 rings (SSSR count). The van der Waals surface area contributed by atoms with Crippen LogP contribution in [0.2, 0.25) is 0 Å². The van der Waals surface area contributed by atoms with Crippen LogP contribution in [0.15, 0.2) is 28.9 Å². The first-order chi connectivity index (χ1) is 12.8. The van der Waals surface area contributed by atoms with Crippen LogP contribution in [0.4, 0.5) is 14.6 Å². The van der Waals surface area contributed by atoms with E-state index in [1.807, 2.05) is 6.92 Å². The molecule has 0 radical (unpaired) electrons. The van der Waals surface area contributed by atoms with Gasteiger partial charge in [-0.25, -0.2) is 22.7 Å². The molecule has 0 fully saturated rings. The Morgan fingerprint density at radius 1 is 1.30 bits per heavy atom. The number of hydrogen-bond donors (Lipinski definition) is 0. The second-order valence-corrected chi connectivity index (χ2v) is 8.76. The molecule has 0 aliphatic heterocycles. The molecular weight excluding hydrogens is 400 g/mol. The van der Waals surface area contributed by atoms with E-state index in [-0.39, 0.29) is 24.0 Å². The van der Waals surface area contributed by atoms with E-state index in [4.69, 9.17) is 4.42 Å². The Labute approximate surface area is 158 Å². The number of hydrogen-bond acceptors (Lipinski definition) is 8. The molecule has 3 aromatic heterocycles. The van der Waals surface area contributed by atoms with Crippen LogP contribution in [-0.4, -0.2) is 34.3 Å². The van der Waals surface area contributed by atoms with Crippen LogP contribution in [0.25, 0.3) is 10.8 Å². The van der Waals surface area contributed by atoms with Crippen molar-refractivity contribution in [1.29, 1.82) is 0 Å². The fourth-order valence-electron chi connectivity index (χ4n) is 2.16. The summed E-state index contributed by atoms with van der Waals surface area (Å²) in [4.78, 5) is 8.66. The van der Waals surface area contributed by atoms with Crippen molar-refractivity contribution in [3.8, 4) is 10.8 Å². The van der Waals surface area contributed by atoms with Gasteiger partial charge in [0.25, 0.3) is 11.8 Å². The molecule has 0 saturated carbocycles. The number of thiazole rings is 1. The quantitative estimate of drug-likeness (QED) is 0.584. The first-order valence-corrected chi connectivity index (χ1v) is 10.2. The number of sulfonamides is 1.